The maximum Gasteiger partial charge on any atom is 0.187 e. The predicted octanol–water partition coefficient (Wildman–Crippen LogP) is 1.00. The second-order valence-electron chi connectivity index (χ2n) is 22.9. The molecule has 25 atom stereocenters. The number of ether oxygens (including phenoxy) is 6. The summed E-state index contributed by atoms with van der Waals surface area (Å²) in [5.74, 6) is -0.0571. The van der Waals surface area contributed by atoms with E-state index in [9.17, 15) is 56.2 Å². The smallest absolute Gasteiger partial charge is 0.187 e. The summed E-state index contributed by atoms with van der Waals surface area (Å²) in [7, 11) is 0. The Bertz CT molecular complexity index is 1660. The van der Waals surface area contributed by atoms with Crippen LogP contribution in [0.4, 0.5) is 0 Å². The normalized spacial score (nSPS) is 53.0. The van der Waals surface area contributed by atoms with Gasteiger partial charge in [0.05, 0.1) is 37.1 Å². The van der Waals surface area contributed by atoms with Crippen LogP contribution in [0.1, 0.15) is 120 Å². The van der Waals surface area contributed by atoms with Gasteiger partial charge in [0.2, 0.25) is 0 Å². The molecule has 0 aromatic rings. The van der Waals surface area contributed by atoms with Crippen LogP contribution in [0.15, 0.2) is 11.6 Å². The SMILES string of the molecule is CC(C)=CCCC(C)(OC1OC(COC2OC(C)C(O)C(O)C2O)C(O)C(O)C1O)C1CCC2(C)C1C(O)CC1C3(C)CCC(OC4OC(CO)C(O)C(O)C4O)C(C)(C)C3CCC12C. The molecule has 4 saturated carbocycles. The van der Waals surface area contributed by atoms with Crippen LogP contribution in [0, 0.1) is 45.3 Å². The highest BCUT2D eigenvalue weighted by Gasteiger charge is 2.72. The van der Waals surface area contributed by atoms with Gasteiger partial charge in [-0.3, -0.25) is 0 Å². The summed E-state index contributed by atoms with van der Waals surface area (Å²) in [5.41, 5.74) is -0.962. The topological polar surface area (TPSA) is 278 Å². The van der Waals surface area contributed by atoms with E-state index in [-0.39, 0.29) is 46.0 Å². The third-order valence-corrected chi connectivity index (χ3v) is 18.7. The molecule has 0 radical (unpaired) electrons. The first-order valence-corrected chi connectivity index (χ1v) is 24.2. The Morgan fingerprint density at radius 3 is 1.89 bits per heavy atom. The Balaban J connectivity index is 1.11. The quantitative estimate of drug-likeness (QED) is 0.0962. The van der Waals surface area contributed by atoms with E-state index in [1.165, 1.54) is 6.92 Å². The summed E-state index contributed by atoms with van der Waals surface area (Å²) in [5, 5.41) is 119. The third kappa shape index (κ3) is 8.84. The van der Waals surface area contributed by atoms with Gasteiger partial charge >= 0.3 is 0 Å². The van der Waals surface area contributed by atoms with Gasteiger partial charge in [-0.2, -0.15) is 0 Å². The summed E-state index contributed by atoms with van der Waals surface area (Å²) in [6.45, 7) is 18.1. The van der Waals surface area contributed by atoms with Crippen LogP contribution in [-0.4, -0.2) is 179 Å². The molecule has 7 aliphatic rings. The summed E-state index contributed by atoms with van der Waals surface area (Å²) in [6, 6.07) is 0. The number of allylic oxidation sites excluding steroid dienone is 2. The van der Waals surface area contributed by atoms with Crippen LogP contribution in [-0.2, 0) is 28.4 Å². The number of fused-ring (bicyclic) bond motifs is 5. The van der Waals surface area contributed by atoms with Gasteiger partial charge < -0.3 is 84.6 Å². The summed E-state index contributed by atoms with van der Waals surface area (Å²) >= 11 is 0. The molecule has 25 unspecified atom stereocenters. The van der Waals surface area contributed by atoms with E-state index in [0.29, 0.717) is 25.7 Å². The summed E-state index contributed by atoms with van der Waals surface area (Å²) in [6.07, 6.45) is -13.4. The highest BCUT2D eigenvalue weighted by Crippen LogP contribution is 2.76. The lowest BCUT2D eigenvalue weighted by molar-refractivity contribution is -0.349. The highest BCUT2D eigenvalue weighted by molar-refractivity contribution is 5.20. The zero-order valence-corrected chi connectivity index (χ0v) is 39.8. The molecule has 0 bridgehead atoms. The molecule has 65 heavy (non-hydrogen) atoms. The van der Waals surface area contributed by atoms with Gasteiger partial charge in [-0.15, -0.1) is 0 Å². The van der Waals surface area contributed by atoms with Crippen molar-refractivity contribution in [3.05, 3.63) is 11.6 Å². The average Bonchev–Trinajstić information content (AvgIpc) is 3.63. The summed E-state index contributed by atoms with van der Waals surface area (Å²) in [4.78, 5) is 0. The van der Waals surface area contributed by atoms with Crippen LogP contribution in [0.5, 0.6) is 0 Å². The van der Waals surface area contributed by atoms with Crippen LogP contribution < -0.4 is 0 Å². The number of hydrogen-bond donors (Lipinski definition) is 11. The Morgan fingerprint density at radius 1 is 0.662 bits per heavy atom. The van der Waals surface area contributed by atoms with Gasteiger partial charge in [-0.1, -0.05) is 46.3 Å². The monoisotopic (exact) mass is 931 g/mol. The zero-order valence-electron chi connectivity index (χ0n) is 39.8. The predicted molar refractivity (Wildman–Crippen MR) is 232 cm³/mol. The molecule has 11 N–H and O–H groups in total. The molecule has 17 nitrogen and oxygen atoms in total. The second kappa shape index (κ2) is 19.0. The number of aliphatic hydroxyl groups is 11. The van der Waals surface area contributed by atoms with E-state index >= 15 is 0 Å². The van der Waals surface area contributed by atoms with Crippen molar-refractivity contribution in [3.8, 4) is 0 Å². The highest BCUT2D eigenvalue weighted by atomic mass is 16.7. The van der Waals surface area contributed by atoms with E-state index in [0.717, 1.165) is 37.7 Å². The van der Waals surface area contributed by atoms with E-state index in [1.807, 2.05) is 20.8 Å². The molecule has 0 amide bonds. The Morgan fingerprint density at radius 2 is 1.25 bits per heavy atom. The Kier molecular flexibility index (Phi) is 15.2. The summed E-state index contributed by atoms with van der Waals surface area (Å²) < 4.78 is 36.8. The van der Waals surface area contributed by atoms with Crippen molar-refractivity contribution in [1.82, 2.24) is 0 Å². The van der Waals surface area contributed by atoms with Gasteiger partial charge in [0.25, 0.3) is 0 Å². The molecular formula is C48H82O17. The van der Waals surface area contributed by atoms with Crippen molar-refractivity contribution in [2.45, 2.75) is 230 Å². The average molecular weight is 931 g/mol. The van der Waals surface area contributed by atoms with Gasteiger partial charge in [0.1, 0.15) is 67.1 Å². The van der Waals surface area contributed by atoms with Crippen molar-refractivity contribution in [2.75, 3.05) is 13.2 Å². The first-order chi connectivity index (χ1) is 30.3. The minimum atomic E-state index is -1.68. The fourth-order valence-corrected chi connectivity index (χ4v) is 14.7. The molecule has 376 valence electrons. The number of aliphatic hydroxyl groups excluding tert-OH is 11. The standard InChI is InChI=1S/C48H82O17/c1-22(2)11-10-15-48(9,65-43-40(59)37(56)34(53)27(63-43)21-60-41-38(57)35(54)32(51)23(3)61-41)24-12-17-47(8)31(24)25(50)19-29-45(6)16-14-30(44(4,5)28(45)13-18-46(29,47)7)64-42-39(58)36(55)33(52)26(20-49)62-42/h11,23-43,49-59H,10,12-21H2,1-9H3. The minimum Gasteiger partial charge on any atom is -0.394 e. The van der Waals surface area contributed by atoms with Crippen molar-refractivity contribution >= 4 is 0 Å². The Labute approximate surface area is 384 Å². The minimum absolute atomic E-state index is 0.147. The fourth-order valence-electron chi connectivity index (χ4n) is 14.7. The molecule has 17 heteroatoms. The molecule has 3 aliphatic heterocycles. The zero-order chi connectivity index (χ0) is 47.9. The fraction of sp³-hybridized carbons (Fsp3) is 0.958. The van der Waals surface area contributed by atoms with Crippen LogP contribution in [0.3, 0.4) is 0 Å². The van der Waals surface area contributed by atoms with Gasteiger partial charge in [-0.05, 0) is 131 Å². The third-order valence-electron chi connectivity index (χ3n) is 18.7. The van der Waals surface area contributed by atoms with Crippen LogP contribution >= 0.6 is 0 Å². The molecule has 3 saturated heterocycles. The lowest BCUT2D eigenvalue weighted by atomic mass is 9.35. The largest absolute Gasteiger partial charge is 0.394 e. The van der Waals surface area contributed by atoms with E-state index in [1.54, 1.807) is 0 Å². The molecular weight excluding hydrogens is 849 g/mol. The molecule has 0 aromatic heterocycles. The van der Waals surface area contributed by atoms with Gasteiger partial charge in [0, 0.05) is 0 Å². The van der Waals surface area contributed by atoms with Gasteiger partial charge in [0.15, 0.2) is 18.9 Å². The van der Waals surface area contributed by atoms with E-state index < -0.39 is 122 Å². The molecule has 4 aliphatic carbocycles. The maximum absolute atomic E-state index is 12.7. The number of rotatable bonds is 12. The van der Waals surface area contributed by atoms with Crippen molar-refractivity contribution < 1.29 is 84.6 Å². The van der Waals surface area contributed by atoms with Gasteiger partial charge in [-0.25, -0.2) is 0 Å². The lowest BCUT2D eigenvalue weighted by Gasteiger charge is -2.71. The lowest BCUT2D eigenvalue weighted by Crippen LogP contribution is -2.67. The first-order valence-electron chi connectivity index (χ1n) is 24.2. The second-order valence-corrected chi connectivity index (χ2v) is 22.9. The van der Waals surface area contributed by atoms with E-state index in [4.69, 9.17) is 28.4 Å². The van der Waals surface area contributed by atoms with E-state index in [2.05, 4.69) is 40.7 Å². The maximum atomic E-state index is 12.7. The molecule has 7 rings (SSSR count). The van der Waals surface area contributed by atoms with Crippen molar-refractivity contribution in [2.24, 2.45) is 45.3 Å². The van der Waals surface area contributed by atoms with Crippen molar-refractivity contribution in [1.29, 1.82) is 0 Å². The van der Waals surface area contributed by atoms with Crippen molar-refractivity contribution in [3.63, 3.8) is 0 Å². The first kappa shape index (κ1) is 51.9. The Hall–Kier alpha value is -0.940. The molecule has 3 heterocycles. The molecule has 0 spiro atoms. The van der Waals surface area contributed by atoms with Crippen LogP contribution in [0.2, 0.25) is 0 Å². The molecule has 7 fully saturated rings. The number of hydrogen-bond acceptors (Lipinski definition) is 17. The van der Waals surface area contributed by atoms with Crippen LogP contribution in [0.25, 0.3) is 0 Å². The molecule has 0 aromatic carbocycles.